The molecule has 0 aliphatic rings. The summed E-state index contributed by atoms with van der Waals surface area (Å²) in [6.07, 6.45) is 3.44. The van der Waals surface area contributed by atoms with Crippen LogP contribution in [-0.2, 0) is 5.41 Å². The second-order valence-corrected chi connectivity index (χ2v) is 7.47. The molecule has 1 aromatic carbocycles. The minimum absolute atomic E-state index is 0.210. The van der Waals surface area contributed by atoms with Crippen LogP contribution in [0, 0.1) is 11.3 Å². The molecule has 0 fully saturated rings. The molecule has 1 N–H and O–H groups in total. The van der Waals surface area contributed by atoms with E-state index >= 15 is 0 Å². The molecule has 24 heavy (non-hydrogen) atoms. The lowest BCUT2D eigenvalue weighted by atomic mass is 9.86. The first kappa shape index (κ1) is 16.0. The lowest BCUT2D eigenvalue weighted by molar-refractivity contribution is 0.686. The Morgan fingerprint density at radius 1 is 1.25 bits per heavy atom. The highest BCUT2D eigenvalue weighted by molar-refractivity contribution is 6.32. The third-order valence-electron chi connectivity index (χ3n) is 4.08. The maximum atomic E-state index is 12.3. The van der Waals surface area contributed by atoms with Crippen LogP contribution in [0.4, 0.5) is 0 Å². The first-order chi connectivity index (χ1) is 11.4. The van der Waals surface area contributed by atoms with Crippen molar-refractivity contribution in [3.63, 3.8) is 0 Å². The molecular weight excluding hydrogens is 316 g/mol. The van der Waals surface area contributed by atoms with Crippen molar-refractivity contribution >= 4 is 15.4 Å². The van der Waals surface area contributed by atoms with E-state index in [1.54, 1.807) is 17.0 Å². The minimum atomic E-state index is -0.562. The van der Waals surface area contributed by atoms with Crippen LogP contribution < -0.4 is 10.9 Å². The Bertz CT molecular complexity index is 977. The van der Waals surface area contributed by atoms with Gasteiger partial charge >= 0.3 is 5.69 Å². The predicted molar refractivity (Wildman–Crippen MR) is 97.8 cm³/mol. The van der Waals surface area contributed by atoms with Crippen LogP contribution in [0.15, 0.2) is 53.6 Å². The standard InChI is InChI=1S/C18H18N4OSi/c1-18(2,11-19)12-3-5-13(6-4-12)22-16(10-21-17(22)23)15-9-14(24)7-8-20-15/h3-10H,1-2,24H3,(H,21,23). The molecule has 0 aliphatic heterocycles. The molecule has 2 heterocycles. The zero-order chi connectivity index (χ0) is 17.3. The number of hydrogen-bond donors (Lipinski definition) is 1. The monoisotopic (exact) mass is 334 g/mol. The molecule has 0 saturated heterocycles. The Kier molecular flexibility index (Phi) is 3.95. The first-order valence-electron chi connectivity index (χ1n) is 7.68. The molecule has 3 rings (SSSR count). The van der Waals surface area contributed by atoms with E-state index in [-0.39, 0.29) is 5.69 Å². The van der Waals surface area contributed by atoms with Crippen LogP contribution in [-0.4, -0.2) is 24.8 Å². The quantitative estimate of drug-likeness (QED) is 0.727. The van der Waals surface area contributed by atoms with Gasteiger partial charge in [-0.05, 0) is 43.7 Å². The van der Waals surface area contributed by atoms with Crippen molar-refractivity contribution in [2.24, 2.45) is 0 Å². The Balaban J connectivity index is 2.10. The number of pyridine rings is 1. The van der Waals surface area contributed by atoms with Gasteiger partial charge < -0.3 is 4.98 Å². The lowest BCUT2D eigenvalue weighted by Gasteiger charge is -2.16. The van der Waals surface area contributed by atoms with E-state index in [1.807, 2.05) is 50.2 Å². The van der Waals surface area contributed by atoms with Crippen molar-refractivity contribution < 1.29 is 0 Å². The molecule has 5 nitrogen and oxygen atoms in total. The van der Waals surface area contributed by atoms with Crippen molar-refractivity contribution in [2.75, 3.05) is 0 Å². The van der Waals surface area contributed by atoms with Gasteiger partial charge in [-0.25, -0.2) is 4.79 Å². The van der Waals surface area contributed by atoms with E-state index in [0.717, 1.165) is 32.9 Å². The van der Waals surface area contributed by atoms with Gasteiger partial charge in [0.05, 0.1) is 28.6 Å². The fraction of sp³-hybridized carbons (Fsp3) is 0.167. The SMILES string of the molecule is CC(C)(C#N)c1ccc(-n2c(-c3cc([SiH3])ccn3)c[nH]c2=O)cc1. The Hall–Kier alpha value is -2.91. The van der Waals surface area contributed by atoms with Crippen LogP contribution >= 0.6 is 0 Å². The van der Waals surface area contributed by atoms with Crippen molar-refractivity contribution in [3.05, 3.63) is 64.8 Å². The van der Waals surface area contributed by atoms with Gasteiger partial charge in [-0.15, -0.1) is 0 Å². The fourth-order valence-electron chi connectivity index (χ4n) is 2.58. The number of imidazole rings is 1. The Labute approximate surface area is 143 Å². The maximum Gasteiger partial charge on any atom is 0.330 e. The summed E-state index contributed by atoms with van der Waals surface area (Å²) in [5.41, 5.74) is 2.38. The number of H-pyrrole nitrogens is 1. The highest BCUT2D eigenvalue weighted by atomic mass is 28.1. The zero-order valence-corrected chi connectivity index (χ0v) is 15.9. The highest BCUT2D eigenvalue weighted by Gasteiger charge is 2.20. The molecule has 0 radical (unpaired) electrons. The molecule has 0 amide bonds. The van der Waals surface area contributed by atoms with Gasteiger partial charge in [-0.1, -0.05) is 17.3 Å². The first-order valence-corrected chi connectivity index (χ1v) is 8.68. The summed E-state index contributed by atoms with van der Waals surface area (Å²) < 4.78 is 1.60. The number of benzene rings is 1. The maximum absolute atomic E-state index is 12.3. The van der Waals surface area contributed by atoms with E-state index in [4.69, 9.17) is 0 Å². The second-order valence-electron chi connectivity index (χ2n) is 6.32. The van der Waals surface area contributed by atoms with Crippen LogP contribution in [0.2, 0.25) is 0 Å². The number of aromatic nitrogens is 3. The molecule has 0 saturated carbocycles. The third kappa shape index (κ3) is 2.82. The van der Waals surface area contributed by atoms with Gasteiger partial charge in [0.25, 0.3) is 0 Å². The summed E-state index contributed by atoms with van der Waals surface area (Å²) in [6.45, 7) is 3.74. The molecule has 0 atom stereocenters. The largest absolute Gasteiger partial charge is 0.330 e. The Morgan fingerprint density at radius 2 is 1.96 bits per heavy atom. The summed E-state index contributed by atoms with van der Waals surface area (Å²) >= 11 is 0. The van der Waals surface area contributed by atoms with Gasteiger partial charge in [0.1, 0.15) is 0 Å². The Morgan fingerprint density at radius 3 is 2.58 bits per heavy atom. The summed E-state index contributed by atoms with van der Waals surface area (Å²) in [4.78, 5) is 19.4. The third-order valence-corrected chi connectivity index (χ3v) is 4.70. The average Bonchev–Trinajstić information content (AvgIpc) is 2.96. The van der Waals surface area contributed by atoms with Crippen LogP contribution in [0.5, 0.6) is 0 Å². The average molecular weight is 334 g/mol. The number of nitrogens with zero attached hydrogens (tertiary/aromatic N) is 3. The summed E-state index contributed by atoms with van der Waals surface area (Å²) in [7, 11) is 0.924. The van der Waals surface area contributed by atoms with Crippen molar-refractivity contribution in [3.8, 4) is 23.1 Å². The number of nitrogens with one attached hydrogen (secondary N) is 1. The van der Waals surface area contributed by atoms with Gasteiger partial charge in [0.2, 0.25) is 0 Å². The molecule has 0 spiro atoms. The predicted octanol–water partition coefficient (Wildman–Crippen LogP) is 1.02. The molecule has 3 aromatic rings. The molecular formula is C18H18N4OSi. The van der Waals surface area contributed by atoms with Gasteiger partial charge in [0, 0.05) is 22.6 Å². The number of hydrogen-bond acceptors (Lipinski definition) is 3. The summed E-state index contributed by atoms with van der Waals surface area (Å²) in [5, 5.41) is 10.5. The topological polar surface area (TPSA) is 74.5 Å². The second kappa shape index (κ2) is 5.94. The molecule has 120 valence electrons. The van der Waals surface area contributed by atoms with Crippen molar-refractivity contribution in [1.82, 2.24) is 14.5 Å². The molecule has 6 heteroatoms. The van der Waals surface area contributed by atoms with E-state index in [0.29, 0.717) is 0 Å². The van der Waals surface area contributed by atoms with E-state index in [9.17, 15) is 10.1 Å². The zero-order valence-electron chi connectivity index (χ0n) is 13.9. The molecule has 2 aromatic heterocycles. The minimum Gasteiger partial charge on any atom is -0.312 e. The lowest BCUT2D eigenvalue weighted by Crippen LogP contribution is -2.17. The fourth-order valence-corrected chi connectivity index (χ4v) is 3.00. The van der Waals surface area contributed by atoms with E-state index in [2.05, 4.69) is 16.0 Å². The van der Waals surface area contributed by atoms with Crippen LogP contribution in [0.3, 0.4) is 0 Å². The van der Waals surface area contributed by atoms with E-state index < -0.39 is 5.41 Å². The van der Waals surface area contributed by atoms with Crippen molar-refractivity contribution in [1.29, 1.82) is 5.26 Å². The van der Waals surface area contributed by atoms with Gasteiger partial charge in [-0.3, -0.25) is 9.55 Å². The number of aromatic amines is 1. The van der Waals surface area contributed by atoms with Crippen LogP contribution in [0.25, 0.3) is 17.1 Å². The molecule has 0 aliphatic carbocycles. The van der Waals surface area contributed by atoms with Gasteiger partial charge in [-0.2, -0.15) is 5.26 Å². The normalized spacial score (nSPS) is 11.4. The number of rotatable bonds is 3. The summed E-state index contributed by atoms with van der Waals surface area (Å²) in [5.74, 6) is 0. The summed E-state index contributed by atoms with van der Waals surface area (Å²) in [6, 6.07) is 13.8. The number of nitriles is 1. The van der Waals surface area contributed by atoms with E-state index in [1.165, 1.54) is 5.19 Å². The van der Waals surface area contributed by atoms with Crippen LogP contribution in [0.1, 0.15) is 19.4 Å². The van der Waals surface area contributed by atoms with Crippen molar-refractivity contribution in [2.45, 2.75) is 19.3 Å². The smallest absolute Gasteiger partial charge is 0.312 e. The molecule has 0 bridgehead atoms. The van der Waals surface area contributed by atoms with Gasteiger partial charge in [0.15, 0.2) is 0 Å². The molecule has 0 unspecified atom stereocenters. The highest BCUT2D eigenvalue weighted by Crippen LogP contribution is 2.24.